The van der Waals surface area contributed by atoms with Crippen molar-refractivity contribution in [3.63, 3.8) is 0 Å². The maximum absolute atomic E-state index is 13.8. The van der Waals surface area contributed by atoms with Crippen LogP contribution in [0.2, 0.25) is 0 Å². The van der Waals surface area contributed by atoms with E-state index in [1.54, 1.807) is 11.1 Å². The van der Waals surface area contributed by atoms with Crippen molar-refractivity contribution in [2.75, 3.05) is 75.0 Å². The summed E-state index contributed by atoms with van der Waals surface area (Å²) in [5.41, 5.74) is -0.163. The van der Waals surface area contributed by atoms with Gasteiger partial charge in [0.05, 0.1) is 43.1 Å². The highest BCUT2D eigenvalue weighted by Gasteiger charge is 2.32. The van der Waals surface area contributed by atoms with E-state index in [1.165, 1.54) is 16.9 Å². The van der Waals surface area contributed by atoms with Gasteiger partial charge in [-0.1, -0.05) is 12.8 Å². The van der Waals surface area contributed by atoms with Crippen LogP contribution < -0.4 is 35.7 Å². The number of rotatable bonds is 11. The number of hydrogen-bond acceptors (Lipinski definition) is 13. The number of aromatic nitrogens is 4. The van der Waals surface area contributed by atoms with Crippen LogP contribution in [-0.2, 0) is 19.6 Å². The van der Waals surface area contributed by atoms with Gasteiger partial charge in [-0.15, -0.1) is 0 Å². The van der Waals surface area contributed by atoms with Crippen molar-refractivity contribution in [2.24, 2.45) is 0 Å². The largest absolute Gasteiger partial charge is 0.483 e. The van der Waals surface area contributed by atoms with E-state index in [2.05, 4.69) is 25.2 Å². The summed E-state index contributed by atoms with van der Waals surface area (Å²) in [5.74, 6) is -4.58. The van der Waals surface area contributed by atoms with Crippen LogP contribution in [0.25, 0.3) is 11.4 Å². The zero-order chi connectivity index (χ0) is 45.4. The Balaban J connectivity index is 0.000000197. The lowest BCUT2D eigenvalue weighted by Crippen LogP contribution is -2.50. The lowest BCUT2D eigenvalue weighted by Gasteiger charge is -2.36. The number of carbonyl (C=O) groups is 1. The molecule has 4 aliphatic rings. The van der Waals surface area contributed by atoms with Gasteiger partial charge in [-0.25, -0.2) is 26.0 Å². The number of piperazine rings is 2. The maximum Gasteiger partial charge on any atom is 0.322 e. The molecular weight excluding hydrogens is 865 g/mol. The molecule has 0 bridgehead atoms. The first-order chi connectivity index (χ1) is 30.8. The second-order valence-electron chi connectivity index (χ2n) is 16.1. The molecule has 2 saturated carbocycles. The molecule has 2 aliphatic heterocycles. The molecule has 2 aromatic heterocycles. The van der Waals surface area contributed by atoms with Crippen LogP contribution in [0.4, 0.5) is 28.9 Å². The number of nitrogens with zero attached hydrogens (tertiary/aromatic N) is 7. The summed E-state index contributed by atoms with van der Waals surface area (Å²) in [7, 11) is -2.72. The van der Waals surface area contributed by atoms with Crippen LogP contribution >= 0.6 is 0 Å². The number of anilines is 2. The molecule has 0 amide bonds. The quantitative estimate of drug-likeness (QED) is 0.165. The zero-order valence-electron chi connectivity index (χ0n) is 35.5. The van der Waals surface area contributed by atoms with Gasteiger partial charge >= 0.3 is 17.1 Å². The summed E-state index contributed by atoms with van der Waals surface area (Å²) in [4.78, 5) is 42.0. The molecule has 0 atom stereocenters. The van der Waals surface area contributed by atoms with Crippen LogP contribution in [-0.4, -0.2) is 116 Å². The van der Waals surface area contributed by atoms with Gasteiger partial charge in [-0.3, -0.25) is 14.4 Å². The van der Waals surface area contributed by atoms with E-state index in [0.717, 1.165) is 131 Å². The lowest BCUT2D eigenvalue weighted by molar-refractivity contribution is -0.137. The molecule has 0 radical (unpaired) electrons. The summed E-state index contributed by atoms with van der Waals surface area (Å²) in [6, 6.07) is 5.66. The van der Waals surface area contributed by atoms with Crippen molar-refractivity contribution in [1.82, 2.24) is 29.2 Å². The highest BCUT2D eigenvalue weighted by molar-refractivity contribution is 7.89. The molecule has 8 rings (SSSR count). The predicted octanol–water partition coefficient (Wildman–Crippen LogP) is 4.48. The van der Waals surface area contributed by atoms with E-state index in [0.29, 0.717) is 17.4 Å². The molecule has 0 spiro atoms. The average molecular weight is 917 g/mol. The third-order valence-corrected chi connectivity index (χ3v) is 13.4. The standard InChI is InChI=1S/C23H28F2N4O6S.C20H24F2N4O2/c1-34-21(30)15-36(32,33)28-9-7-27(8-10-28)20-14-26-29(18-12-16(24)11-17(25)13-18)23(31)22(20)35-19-5-3-2-4-6-19;21-14-10-15(22)12-16(11-14)26-20(27)19(28-17-4-2-1-3-5-17)18(13-24-26)25-8-6-23-7-9-25/h11-14,19H,2-10,15H2,1H3;10-13,17,23H,1-9H2. The Morgan fingerprint density at radius 2 is 1.05 bits per heavy atom. The molecule has 2 aliphatic carbocycles. The molecule has 21 heteroatoms. The van der Waals surface area contributed by atoms with Gasteiger partial charge in [0.2, 0.25) is 21.5 Å². The average Bonchev–Trinajstić information content (AvgIpc) is 3.28. The van der Waals surface area contributed by atoms with Crippen molar-refractivity contribution in [1.29, 1.82) is 0 Å². The number of ether oxygens (including phenoxy) is 3. The number of methoxy groups -OCH3 is 1. The number of hydrogen-bond donors (Lipinski definition) is 1. The molecule has 4 fully saturated rings. The number of benzene rings is 2. The Labute approximate surface area is 367 Å². The third kappa shape index (κ3) is 11.4. The fraction of sp³-hybridized carbons (Fsp3) is 0.512. The molecule has 1 N–H and O–H groups in total. The molecule has 0 unspecified atom stereocenters. The summed E-state index contributed by atoms with van der Waals surface area (Å²) in [6.07, 6.45) is 12.4. The summed E-state index contributed by atoms with van der Waals surface area (Å²) < 4.78 is 99.8. The molecule has 64 heavy (non-hydrogen) atoms. The number of halogens is 4. The second-order valence-corrected chi connectivity index (χ2v) is 18.1. The van der Waals surface area contributed by atoms with E-state index in [1.807, 2.05) is 0 Å². The number of carbonyl (C=O) groups excluding carboxylic acids is 1. The van der Waals surface area contributed by atoms with E-state index in [-0.39, 0.29) is 61.3 Å². The van der Waals surface area contributed by atoms with Gasteiger partial charge in [0.25, 0.3) is 0 Å². The predicted molar refractivity (Wildman–Crippen MR) is 229 cm³/mol. The topological polar surface area (TPSA) is 170 Å². The highest BCUT2D eigenvalue weighted by atomic mass is 32.2. The van der Waals surface area contributed by atoms with Crippen LogP contribution in [0.1, 0.15) is 64.2 Å². The monoisotopic (exact) mass is 916 g/mol. The van der Waals surface area contributed by atoms with E-state index in [4.69, 9.17) is 9.47 Å². The minimum Gasteiger partial charge on any atom is -0.483 e. The lowest BCUT2D eigenvalue weighted by atomic mass is 9.98. The Hall–Kier alpha value is -5.54. The van der Waals surface area contributed by atoms with Crippen LogP contribution in [0.3, 0.4) is 0 Å². The number of nitrogens with one attached hydrogen (secondary N) is 1. The van der Waals surface area contributed by atoms with Crippen molar-refractivity contribution >= 4 is 27.4 Å². The van der Waals surface area contributed by atoms with Crippen molar-refractivity contribution in [3.05, 3.63) is 92.8 Å². The van der Waals surface area contributed by atoms with Crippen LogP contribution in [0.5, 0.6) is 11.5 Å². The van der Waals surface area contributed by atoms with Crippen LogP contribution in [0.15, 0.2) is 58.4 Å². The zero-order valence-corrected chi connectivity index (χ0v) is 36.3. The first-order valence-electron chi connectivity index (χ1n) is 21.6. The fourth-order valence-electron chi connectivity index (χ4n) is 8.33. The molecule has 2 saturated heterocycles. The SMILES string of the molecule is COC(=O)CS(=O)(=O)N1CCN(c2cnn(-c3cc(F)cc(F)c3)c(=O)c2OC2CCCCC2)CC1.O=c1c(OC2CCCCC2)c(N2CCNCC2)cnn1-c1cc(F)cc(F)c1. The molecule has 16 nitrogen and oxygen atoms in total. The Kier molecular flexibility index (Phi) is 15.2. The van der Waals surface area contributed by atoms with Crippen molar-refractivity contribution in [2.45, 2.75) is 76.4 Å². The molecule has 4 heterocycles. The highest BCUT2D eigenvalue weighted by Crippen LogP contribution is 2.32. The normalized spacial score (nSPS) is 18.0. The number of esters is 1. The smallest absolute Gasteiger partial charge is 0.322 e. The van der Waals surface area contributed by atoms with Gasteiger partial charge in [-0.05, 0) is 75.6 Å². The third-order valence-electron chi connectivity index (χ3n) is 11.6. The van der Waals surface area contributed by atoms with Gasteiger partial charge in [0.1, 0.15) is 34.6 Å². The Morgan fingerprint density at radius 1 is 0.641 bits per heavy atom. The summed E-state index contributed by atoms with van der Waals surface area (Å²) in [5, 5.41) is 11.6. The van der Waals surface area contributed by atoms with E-state index < -0.39 is 56.1 Å². The van der Waals surface area contributed by atoms with Gasteiger partial charge in [0, 0.05) is 64.5 Å². The summed E-state index contributed by atoms with van der Waals surface area (Å²) in [6.45, 7) is 3.70. The van der Waals surface area contributed by atoms with Gasteiger partial charge < -0.3 is 29.3 Å². The van der Waals surface area contributed by atoms with Gasteiger partial charge in [-0.2, -0.15) is 23.9 Å². The van der Waals surface area contributed by atoms with E-state index >= 15 is 0 Å². The van der Waals surface area contributed by atoms with E-state index in [9.17, 15) is 40.4 Å². The molecule has 346 valence electrons. The van der Waals surface area contributed by atoms with Crippen molar-refractivity contribution in [3.8, 4) is 22.9 Å². The first-order valence-corrected chi connectivity index (χ1v) is 23.2. The Bertz CT molecular complexity index is 2460. The molecular formula is C43H52F4N8O8S. The minimum absolute atomic E-state index is 0.00689. The van der Waals surface area contributed by atoms with Gasteiger partial charge in [0.15, 0.2) is 5.75 Å². The molecule has 4 aromatic rings. The number of sulfonamides is 1. The second kappa shape index (κ2) is 21.0. The fourth-order valence-corrected chi connectivity index (χ4v) is 9.65. The molecule has 2 aromatic carbocycles. The minimum atomic E-state index is -3.84. The maximum atomic E-state index is 13.8. The first kappa shape index (κ1) is 46.5. The van der Waals surface area contributed by atoms with Crippen LogP contribution in [0, 0.1) is 23.3 Å². The summed E-state index contributed by atoms with van der Waals surface area (Å²) >= 11 is 0. The van der Waals surface area contributed by atoms with Crippen molar-refractivity contribution < 1.29 is 45.0 Å². The Morgan fingerprint density at radius 3 is 1.45 bits per heavy atom.